The van der Waals surface area contributed by atoms with Crippen molar-refractivity contribution in [2.24, 2.45) is 5.41 Å². The molecule has 0 radical (unpaired) electrons. The van der Waals surface area contributed by atoms with E-state index in [0.717, 1.165) is 21.4 Å². The van der Waals surface area contributed by atoms with Crippen LogP contribution < -0.4 is 4.90 Å². The van der Waals surface area contributed by atoms with Gasteiger partial charge in [-0.1, -0.05) is 48.0 Å². The van der Waals surface area contributed by atoms with Crippen LogP contribution in [0.1, 0.15) is 44.6 Å². The smallest absolute Gasteiger partial charge is 0.269 e. The van der Waals surface area contributed by atoms with E-state index in [9.17, 15) is 19.7 Å². The van der Waals surface area contributed by atoms with E-state index < -0.39 is 4.92 Å². The van der Waals surface area contributed by atoms with E-state index in [0.29, 0.717) is 18.4 Å². The Morgan fingerprint density at radius 3 is 2.43 bits per heavy atom. The average Bonchev–Trinajstić information content (AvgIpc) is 2.66. The third-order valence-corrected chi connectivity index (χ3v) is 6.21. The number of halogens is 1. The molecule has 2 aliphatic rings. The zero-order valence-electron chi connectivity index (χ0n) is 16.7. The van der Waals surface area contributed by atoms with Gasteiger partial charge in [-0.25, -0.2) is 0 Å². The van der Waals surface area contributed by atoms with Gasteiger partial charge >= 0.3 is 0 Å². The average molecular weight is 469 g/mol. The summed E-state index contributed by atoms with van der Waals surface area (Å²) in [6.07, 6.45) is 1.17. The second kappa shape index (κ2) is 7.47. The van der Waals surface area contributed by atoms with Crippen molar-refractivity contribution in [3.05, 3.63) is 80.0 Å². The van der Waals surface area contributed by atoms with E-state index in [-0.39, 0.29) is 35.1 Å². The number of carbonyl (C=O) groups excluding carboxylic acids is 2. The monoisotopic (exact) mass is 468 g/mol. The van der Waals surface area contributed by atoms with Crippen LogP contribution in [0.3, 0.4) is 0 Å². The van der Waals surface area contributed by atoms with Gasteiger partial charge in [-0.2, -0.15) is 0 Å². The molecule has 0 bridgehead atoms. The molecular formula is C23H21BrN2O4. The first-order valence-corrected chi connectivity index (χ1v) is 10.5. The quantitative estimate of drug-likeness (QED) is 0.438. The molecule has 1 aliphatic carbocycles. The van der Waals surface area contributed by atoms with Crippen molar-refractivity contribution < 1.29 is 14.5 Å². The number of non-ortho nitro benzene ring substituents is 1. The lowest BCUT2D eigenvalue weighted by Crippen LogP contribution is -2.43. The molecule has 154 valence electrons. The summed E-state index contributed by atoms with van der Waals surface area (Å²) < 4.78 is 0.855. The highest BCUT2D eigenvalue weighted by Crippen LogP contribution is 2.48. The van der Waals surface area contributed by atoms with Crippen molar-refractivity contribution in [3.8, 4) is 0 Å². The number of anilines is 1. The summed E-state index contributed by atoms with van der Waals surface area (Å²) in [6, 6.07) is 13.7. The number of nitro groups is 1. The van der Waals surface area contributed by atoms with E-state index >= 15 is 0 Å². The number of allylic oxidation sites excluding steroid dienone is 2. The molecule has 1 unspecified atom stereocenters. The molecule has 6 nitrogen and oxygen atoms in total. The van der Waals surface area contributed by atoms with Gasteiger partial charge in [0.15, 0.2) is 5.78 Å². The molecule has 1 atom stereocenters. The molecule has 1 amide bonds. The van der Waals surface area contributed by atoms with Crippen LogP contribution in [0.15, 0.2) is 64.3 Å². The summed E-state index contributed by atoms with van der Waals surface area (Å²) in [5, 5.41) is 11.0. The number of hydrogen-bond donors (Lipinski definition) is 0. The lowest BCUT2D eigenvalue weighted by atomic mass is 9.69. The second-order valence-electron chi connectivity index (χ2n) is 8.62. The molecule has 0 spiro atoms. The SMILES string of the molecule is CC1(C)CC(=O)C2=C(C1)N(c1cccc(Br)c1)C(=O)CC2c1ccc([N+](=O)[O-])cc1. The zero-order valence-corrected chi connectivity index (χ0v) is 18.3. The molecule has 0 N–H and O–H groups in total. The number of benzene rings is 2. The van der Waals surface area contributed by atoms with E-state index in [1.165, 1.54) is 12.1 Å². The molecule has 2 aromatic carbocycles. The van der Waals surface area contributed by atoms with Crippen LogP contribution in [-0.2, 0) is 9.59 Å². The van der Waals surface area contributed by atoms with Crippen LogP contribution >= 0.6 is 15.9 Å². The molecule has 7 heteroatoms. The van der Waals surface area contributed by atoms with Gasteiger partial charge < -0.3 is 0 Å². The Morgan fingerprint density at radius 1 is 1.10 bits per heavy atom. The summed E-state index contributed by atoms with van der Waals surface area (Å²) in [5.41, 5.74) is 2.62. The molecule has 1 aliphatic heterocycles. The van der Waals surface area contributed by atoms with Crippen LogP contribution in [0, 0.1) is 15.5 Å². The number of carbonyl (C=O) groups is 2. The second-order valence-corrected chi connectivity index (χ2v) is 9.53. The Balaban J connectivity index is 1.86. The molecule has 4 rings (SSSR count). The number of Topliss-reactive ketones (excluding diaryl/α,β-unsaturated/α-hetero) is 1. The number of hydrogen-bond acceptors (Lipinski definition) is 4. The highest BCUT2D eigenvalue weighted by Gasteiger charge is 2.44. The standard InChI is InChI=1S/C23H21BrN2O4/c1-23(2)12-19-22(20(27)13-23)18(14-6-8-16(9-7-14)26(29)30)11-21(28)25(19)17-5-3-4-15(24)10-17/h3-10,18H,11-13H2,1-2H3. The minimum atomic E-state index is -0.455. The number of ketones is 1. The van der Waals surface area contributed by atoms with Crippen molar-refractivity contribution in [1.29, 1.82) is 0 Å². The highest BCUT2D eigenvalue weighted by atomic mass is 79.9. The predicted octanol–water partition coefficient (Wildman–Crippen LogP) is 5.52. The predicted molar refractivity (Wildman–Crippen MR) is 117 cm³/mol. The fraction of sp³-hybridized carbons (Fsp3) is 0.304. The molecular weight excluding hydrogens is 448 g/mol. The van der Waals surface area contributed by atoms with Gasteiger partial charge in [-0.05, 0) is 35.6 Å². The fourth-order valence-corrected chi connectivity index (χ4v) is 4.83. The topological polar surface area (TPSA) is 80.5 Å². The van der Waals surface area contributed by atoms with Gasteiger partial charge in [0.05, 0.1) is 4.92 Å². The summed E-state index contributed by atoms with van der Waals surface area (Å²) in [6.45, 7) is 4.07. The highest BCUT2D eigenvalue weighted by molar-refractivity contribution is 9.10. The minimum absolute atomic E-state index is 0.0121. The Hall–Kier alpha value is -2.80. The maximum Gasteiger partial charge on any atom is 0.269 e. The maximum atomic E-state index is 13.3. The first-order chi connectivity index (χ1) is 14.2. The summed E-state index contributed by atoms with van der Waals surface area (Å²) in [4.78, 5) is 38.8. The number of nitro benzene ring substituents is 1. The van der Waals surface area contributed by atoms with Crippen molar-refractivity contribution in [3.63, 3.8) is 0 Å². The van der Waals surface area contributed by atoms with Gasteiger partial charge in [0, 0.05) is 52.3 Å². The third-order valence-electron chi connectivity index (χ3n) is 5.72. The maximum absolute atomic E-state index is 13.3. The van der Waals surface area contributed by atoms with E-state index in [1.54, 1.807) is 17.0 Å². The van der Waals surface area contributed by atoms with Crippen molar-refractivity contribution >= 4 is 39.0 Å². The first-order valence-electron chi connectivity index (χ1n) is 9.75. The fourth-order valence-electron chi connectivity index (χ4n) is 4.44. The van der Waals surface area contributed by atoms with Gasteiger partial charge in [0.2, 0.25) is 5.91 Å². The molecule has 1 heterocycles. The van der Waals surface area contributed by atoms with Crippen LogP contribution in [0.25, 0.3) is 0 Å². The normalized spacial score (nSPS) is 20.9. The van der Waals surface area contributed by atoms with Crippen LogP contribution in [0.2, 0.25) is 0 Å². The van der Waals surface area contributed by atoms with Crippen molar-refractivity contribution in [1.82, 2.24) is 0 Å². The number of amides is 1. The van der Waals surface area contributed by atoms with Gasteiger partial charge in [-0.15, -0.1) is 0 Å². The lowest BCUT2D eigenvalue weighted by Gasteiger charge is -2.43. The van der Waals surface area contributed by atoms with Gasteiger partial charge in [-0.3, -0.25) is 24.6 Å². The van der Waals surface area contributed by atoms with Crippen LogP contribution in [-0.4, -0.2) is 16.6 Å². The molecule has 2 aromatic rings. The van der Waals surface area contributed by atoms with Crippen molar-refractivity contribution in [2.75, 3.05) is 4.90 Å². The van der Waals surface area contributed by atoms with Gasteiger partial charge in [0.25, 0.3) is 5.69 Å². The Kier molecular flexibility index (Phi) is 5.10. The Bertz CT molecular complexity index is 1090. The molecule has 0 aromatic heterocycles. The Morgan fingerprint density at radius 2 is 1.80 bits per heavy atom. The lowest BCUT2D eigenvalue weighted by molar-refractivity contribution is -0.384. The molecule has 0 saturated carbocycles. The summed E-state index contributed by atoms with van der Waals surface area (Å²) in [5.74, 6) is -0.432. The molecule has 0 fully saturated rings. The largest absolute Gasteiger partial charge is 0.294 e. The van der Waals surface area contributed by atoms with E-state index in [2.05, 4.69) is 15.9 Å². The minimum Gasteiger partial charge on any atom is -0.294 e. The first kappa shape index (κ1) is 20.5. The summed E-state index contributed by atoms with van der Waals surface area (Å²) in [7, 11) is 0. The van der Waals surface area contributed by atoms with Crippen molar-refractivity contribution in [2.45, 2.75) is 39.0 Å². The van der Waals surface area contributed by atoms with Crippen LogP contribution in [0.5, 0.6) is 0 Å². The summed E-state index contributed by atoms with van der Waals surface area (Å²) >= 11 is 3.46. The Labute approximate surface area is 182 Å². The van der Waals surface area contributed by atoms with E-state index in [4.69, 9.17) is 0 Å². The zero-order chi connectivity index (χ0) is 21.6. The number of nitrogens with zero attached hydrogens (tertiary/aromatic N) is 2. The van der Waals surface area contributed by atoms with E-state index in [1.807, 2.05) is 38.1 Å². The molecule has 30 heavy (non-hydrogen) atoms. The van der Waals surface area contributed by atoms with Gasteiger partial charge in [0.1, 0.15) is 0 Å². The van der Waals surface area contributed by atoms with Crippen LogP contribution in [0.4, 0.5) is 11.4 Å². The number of rotatable bonds is 3. The third kappa shape index (κ3) is 3.69. The molecule has 0 saturated heterocycles.